The molecule has 2 nitrogen and oxygen atoms in total. The third-order valence-corrected chi connectivity index (χ3v) is 3.13. The van der Waals surface area contributed by atoms with Gasteiger partial charge in [-0.25, -0.2) is 0 Å². The molecule has 1 aromatic carbocycles. The third-order valence-electron chi connectivity index (χ3n) is 2.41. The highest BCUT2D eigenvalue weighted by Crippen LogP contribution is 2.31. The molecule has 0 heterocycles. The van der Waals surface area contributed by atoms with Gasteiger partial charge in [-0.2, -0.15) is 0 Å². The van der Waals surface area contributed by atoms with E-state index in [2.05, 4.69) is 6.92 Å². The zero-order chi connectivity index (χ0) is 12.1. The summed E-state index contributed by atoms with van der Waals surface area (Å²) in [6.07, 6.45) is 1.68. The molecule has 0 radical (unpaired) electrons. The lowest BCUT2D eigenvalue weighted by molar-refractivity contribution is 0.335. The zero-order valence-corrected chi connectivity index (χ0v) is 12.3. The maximum absolute atomic E-state index is 5.98. The second-order valence-corrected chi connectivity index (χ2v) is 4.49. The molecule has 1 atom stereocenters. The largest absolute Gasteiger partial charge is 0.494 e. The van der Waals surface area contributed by atoms with E-state index in [4.69, 9.17) is 33.7 Å². The second-order valence-electron chi connectivity index (χ2n) is 3.68. The van der Waals surface area contributed by atoms with Crippen molar-refractivity contribution in [3.63, 3.8) is 0 Å². The average Bonchev–Trinajstić information content (AvgIpc) is 2.25. The molecule has 0 amide bonds. The molecule has 1 unspecified atom stereocenters. The monoisotopic (exact) mass is 297 g/mol. The number of halogens is 3. The molecular weight excluding hydrogens is 280 g/mol. The highest BCUT2D eigenvalue weighted by Gasteiger charge is 2.11. The van der Waals surface area contributed by atoms with Crippen molar-refractivity contribution in [1.82, 2.24) is 0 Å². The van der Waals surface area contributed by atoms with Crippen molar-refractivity contribution in [1.29, 1.82) is 0 Å². The Balaban J connectivity index is 0.00000256. The Morgan fingerprint density at radius 2 is 1.82 bits per heavy atom. The van der Waals surface area contributed by atoms with Gasteiger partial charge in [0.15, 0.2) is 0 Å². The first-order valence-electron chi connectivity index (χ1n) is 5.44. The van der Waals surface area contributed by atoms with Gasteiger partial charge >= 0.3 is 0 Å². The topological polar surface area (TPSA) is 35.2 Å². The van der Waals surface area contributed by atoms with Gasteiger partial charge in [-0.3, -0.25) is 0 Å². The Labute approximate surface area is 119 Å². The summed E-state index contributed by atoms with van der Waals surface area (Å²) in [5, 5.41) is 1.06. The predicted molar refractivity (Wildman–Crippen MR) is 76.8 cm³/mol. The first kappa shape index (κ1) is 16.9. The van der Waals surface area contributed by atoms with Crippen LogP contribution < -0.4 is 10.5 Å². The molecular formula is C12H18Cl3NO. The second kappa shape index (κ2) is 8.04. The molecule has 0 aliphatic heterocycles. The summed E-state index contributed by atoms with van der Waals surface area (Å²) >= 11 is 11.9. The number of rotatable bonds is 5. The van der Waals surface area contributed by atoms with Gasteiger partial charge in [0.05, 0.1) is 16.7 Å². The molecule has 17 heavy (non-hydrogen) atoms. The highest BCUT2D eigenvalue weighted by molar-refractivity contribution is 6.42. The molecule has 98 valence electrons. The zero-order valence-electron chi connectivity index (χ0n) is 10.0. The van der Waals surface area contributed by atoms with Crippen LogP contribution in [0, 0.1) is 0 Å². The van der Waals surface area contributed by atoms with Crippen LogP contribution >= 0.6 is 35.6 Å². The standard InChI is InChI=1S/C12H17Cl2NO.ClH/c1-3-9(15)5-8-6-10(13)11(14)7-12(8)16-4-2;/h6-7,9H,3-5,15H2,1-2H3;1H. The predicted octanol–water partition coefficient (Wildman–Crippen LogP) is 4.09. The van der Waals surface area contributed by atoms with Gasteiger partial charge in [0, 0.05) is 12.1 Å². The summed E-state index contributed by atoms with van der Waals surface area (Å²) < 4.78 is 5.52. The van der Waals surface area contributed by atoms with Crippen molar-refractivity contribution in [2.45, 2.75) is 32.7 Å². The minimum absolute atomic E-state index is 0. The van der Waals surface area contributed by atoms with Crippen molar-refractivity contribution < 1.29 is 4.74 Å². The number of benzene rings is 1. The summed E-state index contributed by atoms with van der Waals surface area (Å²) in [4.78, 5) is 0. The Morgan fingerprint density at radius 3 is 2.35 bits per heavy atom. The molecule has 0 aliphatic carbocycles. The fraction of sp³-hybridized carbons (Fsp3) is 0.500. The van der Waals surface area contributed by atoms with Crippen LogP contribution in [0.15, 0.2) is 12.1 Å². The van der Waals surface area contributed by atoms with E-state index in [0.717, 1.165) is 24.2 Å². The Kier molecular flexibility index (Phi) is 7.97. The normalized spacial score (nSPS) is 11.8. The van der Waals surface area contributed by atoms with Gasteiger partial charge < -0.3 is 10.5 Å². The highest BCUT2D eigenvalue weighted by atomic mass is 35.5. The van der Waals surface area contributed by atoms with Gasteiger partial charge in [-0.05, 0) is 31.4 Å². The van der Waals surface area contributed by atoms with Crippen molar-refractivity contribution in [3.05, 3.63) is 27.7 Å². The van der Waals surface area contributed by atoms with E-state index in [0.29, 0.717) is 16.7 Å². The van der Waals surface area contributed by atoms with E-state index in [-0.39, 0.29) is 18.4 Å². The van der Waals surface area contributed by atoms with Crippen molar-refractivity contribution in [2.75, 3.05) is 6.61 Å². The lowest BCUT2D eigenvalue weighted by Crippen LogP contribution is -2.21. The SMILES string of the molecule is CCOc1cc(Cl)c(Cl)cc1CC(N)CC.Cl. The molecule has 0 spiro atoms. The quantitative estimate of drug-likeness (QED) is 0.888. The van der Waals surface area contributed by atoms with Crippen molar-refractivity contribution >= 4 is 35.6 Å². The van der Waals surface area contributed by atoms with Crippen LogP contribution in [0.2, 0.25) is 10.0 Å². The molecule has 0 aromatic heterocycles. The lowest BCUT2D eigenvalue weighted by Gasteiger charge is -2.14. The van der Waals surface area contributed by atoms with E-state index in [1.807, 2.05) is 13.0 Å². The fourth-order valence-corrected chi connectivity index (χ4v) is 1.79. The summed E-state index contributed by atoms with van der Waals surface area (Å²) in [7, 11) is 0. The van der Waals surface area contributed by atoms with Gasteiger partial charge in [-0.15, -0.1) is 12.4 Å². The van der Waals surface area contributed by atoms with Crippen LogP contribution in [-0.2, 0) is 6.42 Å². The summed E-state index contributed by atoms with van der Waals surface area (Å²) in [6.45, 7) is 4.60. The maximum Gasteiger partial charge on any atom is 0.124 e. The van der Waals surface area contributed by atoms with E-state index in [9.17, 15) is 0 Å². The van der Waals surface area contributed by atoms with Gasteiger partial charge in [0.1, 0.15) is 5.75 Å². The van der Waals surface area contributed by atoms with Crippen LogP contribution in [0.1, 0.15) is 25.8 Å². The molecule has 1 aromatic rings. The summed E-state index contributed by atoms with van der Waals surface area (Å²) in [6, 6.07) is 3.71. The number of ether oxygens (including phenoxy) is 1. The molecule has 0 fully saturated rings. The van der Waals surface area contributed by atoms with Crippen LogP contribution in [0.5, 0.6) is 5.75 Å². The maximum atomic E-state index is 5.98. The average molecular weight is 299 g/mol. The molecule has 0 bridgehead atoms. The smallest absolute Gasteiger partial charge is 0.124 e. The van der Waals surface area contributed by atoms with E-state index in [1.54, 1.807) is 6.07 Å². The third kappa shape index (κ3) is 4.92. The Hall–Kier alpha value is -0.150. The molecule has 1 rings (SSSR count). The van der Waals surface area contributed by atoms with Crippen LogP contribution in [-0.4, -0.2) is 12.6 Å². The minimum Gasteiger partial charge on any atom is -0.494 e. The van der Waals surface area contributed by atoms with Crippen molar-refractivity contribution in [2.24, 2.45) is 5.73 Å². The van der Waals surface area contributed by atoms with Gasteiger partial charge in [0.2, 0.25) is 0 Å². The molecule has 0 saturated heterocycles. The molecule has 5 heteroatoms. The Bertz CT molecular complexity index is 358. The fourth-order valence-electron chi connectivity index (χ4n) is 1.45. The number of hydrogen-bond donors (Lipinski definition) is 1. The van der Waals surface area contributed by atoms with E-state index < -0.39 is 0 Å². The van der Waals surface area contributed by atoms with Gasteiger partial charge in [0.25, 0.3) is 0 Å². The van der Waals surface area contributed by atoms with Crippen LogP contribution in [0.4, 0.5) is 0 Å². The Morgan fingerprint density at radius 1 is 1.24 bits per heavy atom. The van der Waals surface area contributed by atoms with Crippen LogP contribution in [0.25, 0.3) is 0 Å². The van der Waals surface area contributed by atoms with Crippen LogP contribution in [0.3, 0.4) is 0 Å². The number of nitrogens with two attached hydrogens (primary N) is 1. The number of hydrogen-bond acceptors (Lipinski definition) is 2. The molecule has 2 N–H and O–H groups in total. The van der Waals surface area contributed by atoms with E-state index >= 15 is 0 Å². The van der Waals surface area contributed by atoms with Crippen molar-refractivity contribution in [3.8, 4) is 5.75 Å². The van der Waals surface area contributed by atoms with E-state index in [1.165, 1.54) is 0 Å². The summed E-state index contributed by atoms with van der Waals surface area (Å²) in [5.41, 5.74) is 6.95. The molecule has 0 saturated carbocycles. The molecule has 0 aliphatic rings. The lowest BCUT2D eigenvalue weighted by atomic mass is 10.0. The minimum atomic E-state index is 0. The van der Waals surface area contributed by atoms with Gasteiger partial charge in [-0.1, -0.05) is 30.1 Å². The first-order valence-corrected chi connectivity index (χ1v) is 6.20. The first-order chi connectivity index (χ1) is 7.58. The summed E-state index contributed by atoms with van der Waals surface area (Å²) in [5.74, 6) is 0.779.